The molecule has 8 heteroatoms. The summed E-state index contributed by atoms with van der Waals surface area (Å²) in [6, 6.07) is 4.48. The molecule has 0 N–H and O–H groups in total. The van der Waals surface area contributed by atoms with E-state index in [9.17, 15) is 14.0 Å². The average molecular weight is 414 g/mol. The number of carbonyl (C=O) groups excluding carboxylic acids is 2. The van der Waals surface area contributed by atoms with E-state index in [1.54, 1.807) is 18.0 Å². The monoisotopic (exact) mass is 413 g/mol. The van der Waals surface area contributed by atoms with Crippen LogP contribution in [0.15, 0.2) is 18.2 Å². The topological polar surface area (TPSA) is 53.1 Å². The number of amides is 2. The van der Waals surface area contributed by atoms with Crippen molar-refractivity contribution >= 4 is 23.6 Å². The Kier molecular flexibility index (Phi) is 7.66. The van der Waals surface area contributed by atoms with Crippen LogP contribution in [0.3, 0.4) is 0 Å². The molecule has 2 rings (SSSR count). The minimum absolute atomic E-state index is 0.113. The third kappa shape index (κ3) is 6.63. The predicted molar refractivity (Wildman–Crippen MR) is 107 cm³/mol. The quantitative estimate of drug-likeness (QED) is 0.759. The maximum absolute atomic E-state index is 13.9. The molecule has 0 spiro atoms. The van der Waals surface area contributed by atoms with E-state index >= 15 is 0 Å². The predicted octanol–water partition coefficient (Wildman–Crippen LogP) is 3.38. The Morgan fingerprint density at radius 3 is 2.57 bits per heavy atom. The van der Waals surface area contributed by atoms with E-state index < -0.39 is 11.4 Å². The van der Waals surface area contributed by atoms with Crippen LogP contribution in [0.1, 0.15) is 32.8 Å². The molecule has 1 heterocycles. The van der Waals surface area contributed by atoms with Crippen molar-refractivity contribution in [3.05, 3.63) is 34.6 Å². The van der Waals surface area contributed by atoms with Gasteiger partial charge in [0.1, 0.15) is 11.4 Å². The maximum Gasteiger partial charge on any atom is 0.410 e. The second kappa shape index (κ2) is 9.56. The molecule has 2 amide bonds. The first-order valence-electron chi connectivity index (χ1n) is 9.44. The first-order chi connectivity index (χ1) is 13.1. The minimum Gasteiger partial charge on any atom is -0.444 e. The summed E-state index contributed by atoms with van der Waals surface area (Å²) in [7, 11) is 1.63. The summed E-state index contributed by atoms with van der Waals surface area (Å²) in [4.78, 5) is 30.0. The number of hydrogen-bond acceptors (Lipinski definition) is 4. The van der Waals surface area contributed by atoms with Crippen molar-refractivity contribution in [3.8, 4) is 0 Å². The van der Waals surface area contributed by atoms with Crippen molar-refractivity contribution in [3.63, 3.8) is 0 Å². The van der Waals surface area contributed by atoms with E-state index in [-0.39, 0.29) is 25.1 Å². The lowest BCUT2D eigenvalue weighted by molar-refractivity contribution is -0.131. The highest BCUT2D eigenvalue weighted by atomic mass is 35.5. The van der Waals surface area contributed by atoms with Crippen LogP contribution in [-0.4, -0.2) is 72.1 Å². The second-order valence-corrected chi connectivity index (χ2v) is 8.45. The highest BCUT2D eigenvalue weighted by Gasteiger charge is 2.25. The Hall–Kier alpha value is -1.86. The number of ether oxygens (including phenoxy) is 1. The van der Waals surface area contributed by atoms with E-state index in [0.717, 1.165) is 6.42 Å². The molecule has 156 valence electrons. The zero-order valence-corrected chi connectivity index (χ0v) is 17.8. The fourth-order valence-corrected chi connectivity index (χ4v) is 3.18. The normalized spacial score (nSPS) is 15.9. The Bertz CT molecular complexity index is 688. The van der Waals surface area contributed by atoms with Gasteiger partial charge in [0.05, 0.1) is 6.54 Å². The fourth-order valence-electron chi connectivity index (χ4n) is 2.96. The summed E-state index contributed by atoms with van der Waals surface area (Å²) in [5.41, 5.74) is -0.220. The molecule has 0 aliphatic carbocycles. The molecule has 6 nitrogen and oxygen atoms in total. The van der Waals surface area contributed by atoms with Crippen LogP contribution >= 0.6 is 11.6 Å². The van der Waals surface area contributed by atoms with Crippen LogP contribution in [0, 0.1) is 5.82 Å². The SMILES string of the molecule is CN(Cc1c(F)cccc1Cl)C(=O)CN1CCCN(C(=O)OC(C)(C)C)CC1. The van der Waals surface area contributed by atoms with Gasteiger partial charge in [0, 0.05) is 50.4 Å². The number of nitrogens with zero attached hydrogens (tertiary/aromatic N) is 3. The zero-order valence-electron chi connectivity index (χ0n) is 17.0. The highest BCUT2D eigenvalue weighted by Crippen LogP contribution is 2.20. The van der Waals surface area contributed by atoms with Crippen molar-refractivity contribution in [1.29, 1.82) is 0 Å². The Morgan fingerprint density at radius 2 is 1.93 bits per heavy atom. The van der Waals surface area contributed by atoms with Crippen LogP contribution in [-0.2, 0) is 16.1 Å². The maximum atomic E-state index is 13.9. The van der Waals surface area contributed by atoms with Crippen LogP contribution < -0.4 is 0 Å². The fraction of sp³-hybridized carbons (Fsp3) is 0.600. The van der Waals surface area contributed by atoms with Gasteiger partial charge in [-0.2, -0.15) is 0 Å². The lowest BCUT2D eigenvalue weighted by Crippen LogP contribution is -2.41. The molecule has 0 radical (unpaired) electrons. The molecule has 1 aromatic carbocycles. The first-order valence-corrected chi connectivity index (χ1v) is 9.82. The van der Waals surface area contributed by atoms with Crippen molar-refractivity contribution < 1.29 is 18.7 Å². The molecule has 28 heavy (non-hydrogen) atoms. The van der Waals surface area contributed by atoms with Crippen LogP contribution in [0.5, 0.6) is 0 Å². The Balaban J connectivity index is 1.88. The number of rotatable bonds is 4. The average Bonchev–Trinajstić information content (AvgIpc) is 2.82. The van der Waals surface area contributed by atoms with Crippen LogP contribution in [0.4, 0.5) is 9.18 Å². The van der Waals surface area contributed by atoms with Gasteiger partial charge in [-0.25, -0.2) is 9.18 Å². The van der Waals surface area contributed by atoms with Gasteiger partial charge in [0.25, 0.3) is 0 Å². The van der Waals surface area contributed by atoms with Gasteiger partial charge in [0.15, 0.2) is 0 Å². The second-order valence-electron chi connectivity index (χ2n) is 8.05. The highest BCUT2D eigenvalue weighted by molar-refractivity contribution is 6.31. The van der Waals surface area contributed by atoms with Crippen molar-refractivity contribution in [2.75, 3.05) is 39.8 Å². The van der Waals surface area contributed by atoms with Gasteiger partial charge in [-0.1, -0.05) is 17.7 Å². The molecular weight excluding hydrogens is 385 g/mol. The zero-order chi connectivity index (χ0) is 20.9. The van der Waals surface area contributed by atoms with Crippen molar-refractivity contribution in [2.45, 2.75) is 39.3 Å². The molecule has 0 aromatic heterocycles. The summed E-state index contributed by atoms with van der Waals surface area (Å²) in [6.07, 6.45) is 0.432. The summed E-state index contributed by atoms with van der Waals surface area (Å²) in [5.74, 6) is -0.542. The Labute approximate surface area is 171 Å². The minimum atomic E-state index is -0.532. The van der Waals surface area contributed by atoms with E-state index in [1.165, 1.54) is 17.0 Å². The van der Waals surface area contributed by atoms with Gasteiger partial charge in [-0.05, 0) is 39.3 Å². The first kappa shape index (κ1) is 22.4. The van der Waals surface area contributed by atoms with E-state index in [1.807, 2.05) is 25.7 Å². The summed E-state index contributed by atoms with van der Waals surface area (Å²) >= 11 is 6.05. The molecule has 1 aromatic rings. The smallest absolute Gasteiger partial charge is 0.410 e. The van der Waals surface area contributed by atoms with Gasteiger partial charge < -0.3 is 14.5 Å². The number of likely N-dealkylation sites (N-methyl/N-ethyl adjacent to an activating group) is 1. The molecule has 0 bridgehead atoms. The summed E-state index contributed by atoms with van der Waals surface area (Å²) < 4.78 is 19.4. The Morgan fingerprint density at radius 1 is 1.21 bits per heavy atom. The van der Waals surface area contributed by atoms with Crippen LogP contribution in [0.25, 0.3) is 0 Å². The third-order valence-electron chi connectivity index (χ3n) is 4.48. The molecule has 0 unspecified atom stereocenters. The van der Waals surface area contributed by atoms with E-state index in [0.29, 0.717) is 36.8 Å². The van der Waals surface area contributed by atoms with Crippen molar-refractivity contribution in [1.82, 2.24) is 14.7 Å². The standard InChI is InChI=1S/C20H29ClFN3O3/c1-20(2,3)28-19(27)25-10-6-9-24(11-12-25)14-18(26)23(4)13-15-16(21)7-5-8-17(15)22/h5,7-8H,6,9-14H2,1-4H3. The number of carbonyl (C=O) groups is 2. The number of benzene rings is 1. The third-order valence-corrected chi connectivity index (χ3v) is 4.84. The molecular formula is C20H29ClFN3O3. The molecule has 1 aliphatic rings. The summed E-state index contributed by atoms with van der Waals surface area (Å²) in [5, 5.41) is 0.308. The molecule has 1 aliphatic heterocycles. The van der Waals surface area contributed by atoms with E-state index in [4.69, 9.17) is 16.3 Å². The van der Waals surface area contributed by atoms with Gasteiger partial charge in [0.2, 0.25) is 5.91 Å². The number of hydrogen-bond donors (Lipinski definition) is 0. The summed E-state index contributed by atoms with van der Waals surface area (Å²) in [6.45, 7) is 8.24. The van der Waals surface area contributed by atoms with Gasteiger partial charge in [-0.15, -0.1) is 0 Å². The van der Waals surface area contributed by atoms with Gasteiger partial charge in [-0.3, -0.25) is 9.69 Å². The number of halogens is 2. The van der Waals surface area contributed by atoms with Crippen molar-refractivity contribution in [2.24, 2.45) is 0 Å². The molecule has 0 atom stereocenters. The lowest BCUT2D eigenvalue weighted by atomic mass is 10.2. The molecule has 0 saturated carbocycles. The molecule has 1 saturated heterocycles. The molecule has 1 fully saturated rings. The largest absolute Gasteiger partial charge is 0.444 e. The van der Waals surface area contributed by atoms with E-state index in [2.05, 4.69) is 0 Å². The van der Waals surface area contributed by atoms with Gasteiger partial charge >= 0.3 is 6.09 Å². The van der Waals surface area contributed by atoms with Crippen LogP contribution in [0.2, 0.25) is 5.02 Å². The lowest BCUT2D eigenvalue weighted by Gasteiger charge is -2.27.